The molecule has 2 N–H and O–H groups in total. The van der Waals surface area contributed by atoms with Gasteiger partial charge in [0.2, 0.25) is 0 Å². The molecule has 2 nitrogen and oxygen atoms in total. The van der Waals surface area contributed by atoms with Gasteiger partial charge in [0.25, 0.3) is 0 Å². The van der Waals surface area contributed by atoms with Crippen molar-refractivity contribution in [2.45, 2.75) is 36.6 Å². The number of nitrogens with two attached hydrogens (primary N) is 1. The van der Waals surface area contributed by atoms with Crippen LogP contribution in [0.25, 0.3) is 0 Å². The average Bonchev–Trinajstić information content (AvgIpc) is 2.35. The molecule has 1 fully saturated rings. The van der Waals surface area contributed by atoms with Crippen LogP contribution in [-0.4, -0.2) is 30.3 Å². The number of nitrogens with zero attached hydrogens (tertiary/aromatic N) is 1. The molecular weight excluding hydrogens is 264 g/mol. The Labute approximate surface area is 119 Å². The lowest BCUT2D eigenvalue weighted by Gasteiger charge is -2.32. The molecule has 1 saturated heterocycles. The fraction of sp³-hybridized carbons (Fsp3) is 0.571. The molecule has 4 heteroatoms. The SMILES string of the molecule is CN1CCCCC1CCSc1c(N)cccc1Cl. The van der Waals surface area contributed by atoms with Gasteiger partial charge in [0.1, 0.15) is 0 Å². The Morgan fingerprint density at radius 3 is 3.00 bits per heavy atom. The van der Waals surface area contributed by atoms with E-state index in [1.807, 2.05) is 18.2 Å². The number of halogens is 1. The Bertz CT molecular complexity index is 377. The average molecular weight is 285 g/mol. The van der Waals surface area contributed by atoms with Crippen LogP contribution < -0.4 is 5.73 Å². The predicted octanol–water partition coefficient (Wildman–Crippen LogP) is 3.89. The van der Waals surface area contributed by atoms with Gasteiger partial charge in [0.15, 0.2) is 0 Å². The van der Waals surface area contributed by atoms with Crippen molar-refractivity contribution < 1.29 is 0 Å². The van der Waals surface area contributed by atoms with Crippen molar-refractivity contribution in [1.82, 2.24) is 4.90 Å². The first-order valence-electron chi connectivity index (χ1n) is 6.55. The number of benzene rings is 1. The number of likely N-dealkylation sites (tertiary alicyclic amines) is 1. The maximum Gasteiger partial charge on any atom is 0.0562 e. The van der Waals surface area contributed by atoms with E-state index in [-0.39, 0.29) is 0 Å². The van der Waals surface area contributed by atoms with Crippen LogP contribution in [0.5, 0.6) is 0 Å². The third kappa shape index (κ3) is 3.56. The number of nitrogen functional groups attached to an aromatic ring is 1. The summed E-state index contributed by atoms with van der Waals surface area (Å²) in [6.07, 6.45) is 5.26. The molecule has 1 aliphatic rings. The van der Waals surface area contributed by atoms with E-state index in [2.05, 4.69) is 11.9 Å². The second kappa shape index (κ2) is 6.69. The minimum atomic E-state index is 0.731. The highest BCUT2D eigenvalue weighted by atomic mass is 35.5. The summed E-state index contributed by atoms with van der Waals surface area (Å²) in [7, 11) is 2.23. The normalized spacial score (nSPS) is 21.1. The van der Waals surface area contributed by atoms with Gasteiger partial charge < -0.3 is 10.6 Å². The van der Waals surface area contributed by atoms with E-state index >= 15 is 0 Å². The van der Waals surface area contributed by atoms with E-state index in [9.17, 15) is 0 Å². The minimum absolute atomic E-state index is 0.731. The topological polar surface area (TPSA) is 29.3 Å². The first-order chi connectivity index (χ1) is 8.68. The molecule has 100 valence electrons. The summed E-state index contributed by atoms with van der Waals surface area (Å²) in [4.78, 5) is 3.53. The van der Waals surface area contributed by atoms with Gasteiger partial charge in [-0.15, -0.1) is 11.8 Å². The van der Waals surface area contributed by atoms with Crippen LogP contribution in [0.2, 0.25) is 5.02 Å². The van der Waals surface area contributed by atoms with Gasteiger partial charge in [-0.3, -0.25) is 0 Å². The number of thioether (sulfide) groups is 1. The van der Waals surface area contributed by atoms with Gasteiger partial charge in [-0.25, -0.2) is 0 Å². The molecule has 1 heterocycles. The second-order valence-electron chi connectivity index (χ2n) is 4.93. The Morgan fingerprint density at radius 2 is 2.28 bits per heavy atom. The van der Waals surface area contributed by atoms with Crippen LogP contribution in [0, 0.1) is 0 Å². The molecule has 1 aromatic rings. The maximum absolute atomic E-state index is 6.17. The zero-order chi connectivity index (χ0) is 13.0. The third-order valence-electron chi connectivity index (χ3n) is 3.62. The second-order valence-corrected chi connectivity index (χ2v) is 6.44. The van der Waals surface area contributed by atoms with Crippen LogP contribution in [-0.2, 0) is 0 Å². The molecule has 0 amide bonds. The number of hydrogen-bond donors (Lipinski definition) is 1. The van der Waals surface area contributed by atoms with Gasteiger partial charge in [-0.1, -0.05) is 24.1 Å². The van der Waals surface area contributed by atoms with Crippen LogP contribution in [0.3, 0.4) is 0 Å². The van der Waals surface area contributed by atoms with Gasteiger partial charge >= 0.3 is 0 Å². The van der Waals surface area contributed by atoms with Crippen molar-refractivity contribution in [2.24, 2.45) is 0 Å². The Morgan fingerprint density at radius 1 is 1.44 bits per heavy atom. The van der Waals surface area contributed by atoms with E-state index in [1.54, 1.807) is 11.8 Å². The number of hydrogen-bond acceptors (Lipinski definition) is 3. The Balaban J connectivity index is 1.84. The van der Waals surface area contributed by atoms with Crippen LogP contribution in [0.1, 0.15) is 25.7 Å². The van der Waals surface area contributed by atoms with Crippen LogP contribution in [0.4, 0.5) is 5.69 Å². The van der Waals surface area contributed by atoms with Crippen molar-refractivity contribution in [2.75, 3.05) is 25.1 Å². The predicted molar refractivity (Wildman–Crippen MR) is 81.5 cm³/mol. The molecule has 0 radical (unpaired) electrons. The van der Waals surface area contributed by atoms with E-state index < -0.39 is 0 Å². The van der Waals surface area contributed by atoms with Crippen molar-refractivity contribution in [3.63, 3.8) is 0 Å². The zero-order valence-corrected chi connectivity index (χ0v) is 12.4. The molecular formula is C14H21ClN2S. The van der Waals surface area contributed by atoms with E-state index in [0.29, 0.717) is 0 Å². The lowest BCUT2D eigenvalue weighted by molar-refractivity contribution is 0.182. The van der Waals surface area contributed by atoms with Gasteiger partial charge in [-0.05, 0) is 50.7 Å². The first kappa shape index (κ1) is 14.0. The molecule has 0 spiro atoms. The molecule has 18 heavy (non-hydrogen) atoms. The summed E-state index contributed by atoms with van der Waals surface area (Å²) in [5, 5.41) is 0.775. The maximum atomic E-state index is 6.17. The third-order valence-corrected chi connectivity index (χ3v) is 5.23. The van der Waals surface area contributed by atoms with E-state index in [1.165, 1.54) is 32.2 Å². The summed E-state index contributed by atoms with van der Waals surface area (Å²) in [6.45, 7) is 1.24. The first-order valence-corrected chi connectivity index (χ1v) is 7.92. The molecule has 0 aromatic heterocycles. The smallest absolute Gasteiger partial charge is 0.0562 e. The largest absolute Gasteiger partial charge is 0.398 e. The highest BCUT2D eigenvalue weighted by molar-refractivity contribution is 7.99. The van der Waals surface area contributed by atoms with Crippen molar-refractivity contribution in [3.8, 4) is 0 Å². The molecule has 1 aromatic carbocycles. The van der Waals surface area contributed by atoms with Crippen LogP contribution in [0.15, 0.2) is 23.1 Å². The minimum Gasteiger partial charge on any atom is -0.398 e. The highest BCUT2D eigenvalue weighted by Gasteiger charge is 2.18. The lowest BCUT2D eigenvalue weighted by atomic mass is 10.0. The van der Waals surface area contributed by atoms with E-state index in [4.69, 9.17) is 17.3 Å². The fourth-order valence-electron chi connectivity index (χ4n) is 2.48. The fourth-order valence-corrected chi connectivity index (χ4v) is 3.86. The van der Waals surface area contributed by atoms with Crippen molar-refractivity contribution in [1.29, 1.82) is 0 Å². The highest BCUT2D eigenvalue weighted by Crippen LogP contribution is 2.33. The van der Waals surface area contributed by atoms with Crippen molar-refractivity contribution >= 4 is 29.1 Å². The summed E-state index contributed by atoms with van der Waals surface area (Å²) in [5.74, 6) is 1.09. The molecule has 1 atom stereocenters. The summed E-state index contributed by atoms with van der Waals surface area (Å²) < 4.78 is 0. The number of piperidine rings is 1. The molecule has 1 unspecified atom stereocenters. The van der Waals surface area contributed by atoms with Gasteiger partial charge in [-0.2, -0.15) is 0 Å². The quantitative estimate of drug-likeness (QED) is 0.672. The lowest BCUT2D eigenvalue weighted by Crippen LogP contribution is -2.36. The van der Waals surface area contributed by atoms with Crippen molar-refractivity contribution in [3.05, 3.63) is 23.2 Å². The Hall–Kier alpha value is -0.380. The molecule has 2 rings (SSSR count). The molecule has 0 aliphatic carbocycles. The van der Waals surface area contributed by atoms with Gasteiger partial charge in [0, 0.05) is 16.6 Å². The molecule has 0 bridgehead atoms. The van der Waals surface area contributed by atoms with Gasteiger partial charge in [0.05, 0.1) is 5.02 Å². The molecule has 0 saturated carbocycles. The Kier molecular flexibility index (Phi) is 5.22. The number of anilines is 1. The number of rotatable bonds is 4. The summed E-state index contributed by atoms with van der Waals surface area (Å²) >= 11 is 7.95. The summed E-state index contributed by atoms with van der Waals surface area (Å²) in [6, 6.07) is 6.46. The monoisotopic (exact) mass is 284 g/mol. The van der Waals surface area contributed by atoms with E-state index in [0.717, 1.165) is 27.4 Å². The summed E-state index contributed by atoms with van der Waals surface area (Å²) in [5.41, 5.74) is 6.75. The van der Waals surface area contributed by atoms with Crippen LogP contribution >= 0.6 is 23.4 Å². The zero-order valence-electron chi connectivity index (χ0n) is 10.9. The standard InChI is InChI=1S/C14H21ClN2S/c1-17-9-3-2-5-11(17)8-10-18-14-12(15)6-4-7-13(14)16/h4,6-7,11H,2-3,5,8-10,16H2,1H3. The molecule has 1 aliphatic heterocycles.